The van der Waals surface area contributed by atoms with Crippen molar-refractivity contribution in [1.29, 1.82) is 0 Å². The molecule has 4 nitrogen and oxygen atoms in total. The predicted octanol–water partition coefficient (Wildman–Crippen LogP) is 5.47. The maximum atomic E-state index is 12.0. The van der Waals surface area contributed by atoms with Gasteiger partial charge in [0.1, 0.15) is 0 Å². The zero-order chi connectivity index (χ0) is 18.8. The van der Waals surface area contributed by atoms with Crippen molar-refractivity contribution in [2.75, 3.05) is 0 Å². The fourth-order valence-electron chi connectivity index (χ4n) is 2.44. The van der Waals surface area contributed by atoms with Gasteiger partial charge in [-0.15, -0.1) is 0 Å². The Morgan fingerprint density at radius 3 is 1.52 bits per heavy atom. The molecule has 0 bridgehead atoms. The molecule has 0 saturated carbocycles. The summed E-state index contributed by atoms with van der Waals surface area (Å²) in [5.74, 6) is -0.372. The van der Waals surface area contributed by atoms with Gasteiger partial charge >= 0.3 is 162 Å². The molecule has 0 radical (unpaired) electrons. The van der Waals surface area contributed by atoms with E-state index in [0.29, 0.717) is 12.8 Å². The minimum atomic E-state index is -2.94. The molecule has 0 fully saturated rings. The molecule has 0 aromatic rings. The maximum absolute atomic E-state index is 12.0. The molecule has 0 saturated heterocycles. The van der Waals surface area contributed by atoms with E-state index in [0.717, 1.165) is 38.5 Å². The standard InChI is InChI=1S/2C8H16O2.C4H8.Sn/c2*1-2-3-4-5-6-7-8(9)10;1-3-4-2;/h2*2-7H2,1H3,(H,9,10);1H,3-4H2,2H3;/q;;;+2/p-2. The number of hydrogen-bond acceptors (Lipinski definition) is 4. The van der Waals surface area contributed by atoms with Crippen LogP contribution in [0, 0.1) is 0 Å². The first kappa shape index (κ1) is 24.6. The molecular formula is C20H38O4Sn. The number of unbranched alkanes of at least 4 members (excludes halogenated alkanes) is 9. The van der Waals surface area contributed by atoms with Crippen LogP contribution < -0.4 is 0 Å². The average molecular weight is 461 g/mol. The summed E-state index contributed by atoms with van der Waals surface area (Å²) in [6, 6.07) is 0. The first-order chi connectivity index (χ1) is 12.1. The van der Waals surface area contributed by atoms with Crippen molar-refractivity contribution in [2.24, 2.45) is 0 Å². The second-order valence-electron chi connectivity index (χ2n) is 6.59. The van der Waals surface area contributed by atoms with Gasteiger partial charge in [-0.2, -0.15) is 0 Å². The average Bonchev–Trinajstić information content (AvgIpc) is 2.59. The van der Waals surface area contributed by atoms with Crippen molar-refractivity contribution < 1.29 is 15.7 Å². The van der Waals surface area contributed by atoms with Crippen molar-refractivity contribution in [3.8, 4) is 0 Å². The molecule has 0 N–H and O–H groups in total. The second-order valence-corrected chi connectivity index (χ2v) is 10.7. The summed E-state index contributed by atoms with van der Waals surface area (Å²) in [6.45, 7) is 6.42. The summed E-state index contributed by atoms with van der Waals surface area (Å²) < 4.78 is 13.0. The van der Waals surface area contributed by atoms with Crippen LogP contribution in [-0.2, 0) is 15.7 Å². The summed E-state index contributed by atoms with van der Waals surface area (Å²) in [7, 11) is 0. The monoisotopic (exact) mass is 462 g/mol. The Bertz CT molecular complexity index is 350. The quantitative estimate of drug-likeness (QED) is 0.226. The van der Waals surface area contributed by atoms with Crippen molar-refractivity contribution in [3.63, 3.8) is 0 Å². The van der Waals surface area contributed by atoms with Gasteiger partial charge in [-0.3, -0.25) is 0 Å². The Labute approximate surface area is 162 Å². The van der Waals surface area contributed by atoms with Gasteiger partial charge in [0, 0.05) is 0 Å². The SMILES string of the molecule is CCC[CH]=[Sn]([O]C(=O)CCCCCCC)[O]C(=O)CCCCCCC. The molecule has 146 valence electrons. The van der Waals surface area contributed by atoms with Gasteiger partial charge < -0.3 is 0 Å². The second kappa shape index (κ2) is 18.4. The van der Waals surface area contributed by atoms with Gasteiger partial charge in [0.05, 0.1) is 0 Å². The topological polar surface area (TPSA) is 52.6 Å². The zero-order valence-electron chi connectivity index (χ0n) is 16.6. The summed E-state index contributed by atoms with van der Waals surface area (Å²) >= 11 is -2.94. The first-order valence-corrected chi connectivity index (χ1v) is 14.2. The molecule has 0 aromatic heterocycles. The van der Waals surface area contributed by atoms with Crippen LogP contribution in [-0.4, -0.2) is 36.1 Å². The van der Waals surface area contributed by atoms with Crippen molar-refractivity contribution in [3.05, 3.63) is 0 Å². The molecule has 0 amide bonds. The predicted molar refractivity (Wildman–Crippen MR) is 106 cm³/mol. The molecule has 0 heterocycles. The van der Waals surface area contributed by atoms with E-state index in [9.17, 15) is 9.59 Å². The van der Waals surface area contributed by atoms with Crippen LogP contribution in [0.3, 0.4) is 0 Å². The van der Waals surface area contributed by atoms with Crippen LogP contribution >= 0.6 is 0 Å². The third-order valence-corrected chi connectivity index (χ3v) is 8.22. The van der Waals surface area contributed by atoms with Gasteiger partial charge in [-0.05, 0) is 0 Å². The molecule has 0 aliphatic heterocycles. The molecular weight excluding hydrogens is 423 g/mol. The summed E-state index contributed by atoms with van der Waals surface area (Å²) in [5, 5.41) is 0. The molecule has 0 unspecified atom stereocenters. The number of rotatable bonds is 16. The van der Waals surface area contributed by atoms with E-state index in [1.54, 1.807) is 0 Å². The van der Waals surface area contributed by atoms with E-state index in [-0.39, 0.29) is 11.9 Å². The third kappa shape index (κ3) is 16.8. The summed E-state index contributed by atoms with van der Waals surface area (Å²) in [6.07, 6.45) is 13.8. The Balaban J connectivity index is 4.13. The Hall–Kier alpha value is -0.391. The third-order valence-electron chi connectivity index (χ3n) is 4.00. The van der Waals surface area contributed by atoms with E-state index in [1.807, 2.05) is 4.02 Å². The van der Waals surface area contributed by atoms with Crippen molar-refractivity contribution in [2.45, 2.75) is 111 Å². The molecule has 0 rings (SSSR count). The van der Waals surface area contributed by atoms with E-state index >= 15 is 0 Å². The van der Waals surface area contributed by atoms with E-state index < -0.39 is 20.1 Å². The Kier molecular flexibility index (Phi) is 18.1. The van der Waals surface area contributed by atoms with Crippen LogP contribution in [0.2, 0.25) is 0 Å². The molecule has 0 spiro atoms. The fraction of sp³-hybridized carbons (Fsp3) is 0.850. The molecule has 0 aromatic carbocycles. The zero-order valence-corrected chi connectivity index (χ0v) is 19.5. The molecule has 0 aliphatic carbocycles. The van der Waals surface area contributed by atoms with Gasteiger partial charge in [0.15, 0.2) is 0 Å². The van der Waals surface area contributed by atoms with Gasteiger partial charge in [-0.25, -0.2) is 0 Å². The van der Waals surface area contributed by atoms with Gasteiger partial charge in [0.25, 0.3) is 0 Å². The normalized spacial score (nSPS) is 10.4. The summed E-state index contributed by atoms with van der Waals surface area (Å²) in [4.78, 5) is 24.0. The van der Waals surface area contributed by atoms with Gasteiger partial charge in [0.2, 0.25) is 0 Å². The van der Waals surface area contributed by atoms with E-state index in [2.05, 4.69) is 20.8 Å². The van der Waals surface area contributed by atoms with Crippen LogP contribution in [0.25, 0.3) is 0 Å². The molecule has 0 aliphatic rings. The van der Waals surface area contributed by atoms with Crippen LogP contribution in [0.1, 0.15) is 111 Å². The Morgan fingerprint density at radius 1 is 0.680 bits per heavy atom. The fourth-order valence-corrected chi connectivity index (χ4v) is 6.39. The van der Waals surface area contributed by atoms with Crippen molar-refractivity contribution in [1.82, 2.24) is 0 Å². The van der Waals surface area contributed by atoms with Crippen molar-refractivity contribution >= 4 is 36.1 Å². The number of carbonyl (C=O) groups excluding carboxylic acids is 2. The number of hydrogen-bond donors (Lipinski definition) is 0. The number of carbonyl (C=O) groups is 2. The molecule has 25 heavy (non-hydrogen) atoms. The molecule has 0 atom stereocenters. The first-order valence-electron chi connectivity index (χ1n) is 10.3. The van der Waals surface area contributed by atoms with Crippen LogP contribution in [0.15, 0.2) is 0 Å². The van der Waals surface area contributed by atoms with E-state index in [1.165, 1.54) is 38.5 Å². The van der Waals surface area contributed by atoms with E-state index in [4.69, 9.17) is 6.15 Å². The Morgan fingerprint density at radius 2 is 1.12 bits per heavy atom. The van der Waals surface area contributed by atoms with Gasteiger partial charge in [-0.1, -0.05) is 0 Å². The minimum absolute atomic E-state index is 0.186. The van der Waals surface area contributed by atoms with Crippen LogP contribution in [0.5, 0.6) is 0 Å². The molecule has 5 heteroatoms. The van der Waals surface area contributed by atoms with Crippen LogP contribution in [0.4, 0.5) is 0 Å². The summed E-state index contributed by atoms with van der Waals surface area (Å²) in [5.41, 5.74) is 0.